The highest BCUT2D eigenvalue weighted by Gasteiger charge is 2.25. The van der Waals surface area contributed by atoms with Gasteiger partial charge in [-0.3, -0.25) is 4.79 Å². The van der Waals surface area contributed by atoms with Gasteiger partial charge in [0.25, 0.3) is 0 Å². The van der Waals surface area contributed by atoms with E-state index in [0.29, 0.717) is 11.8 Å². The first kappa shape index (κ1) is 13.3. The number of piperidine rings is 1. The third-order valence-corrected chi connectivity index (χ3v) is 4.42. The number of nitrogens with zero attached hydrogens (tertiary/aromatic N) is 4. The first-order valence-corrected chi connectivity index (χ1v) is 7.63. The average molecular weight is 274 g/mol. The summed E-state index contributed by atoms with van der Waals surface area (Å²) in [4.78, 5) is 16.5. The van der Waals surface area contributed by atoms with Crippen LogP contribution in [-0.4, -0.2) is 47.2 Å². The molecule has 1 aromatic heterocycles. The van der Waals surface area contributed by atoms with Crippen molar-refractivity contribution in [1.29, 1.82) is 0 Å². The molecule has 1 aromatic rings. The Hall–Kier alpha value is -1.65. The molecule has 0 aromatic carbocycles. The molecular formula is C15H22N4O. The summed E-state index contributed by atoms with van der Waals surface area (Å²) in [6.07, 6.45) is 6.94. The number of hydrogen-bond donors (Lipinski definition) is 0. The average Bonchev–Trinajstić information content (AvgIpc) is 3.03. The van der Waals surface area contributed by atoms with Crippen LogP contribution in [0.2, 0.25) is 0 Å². The predicted molar refractivity (Wildman–Crippen MR) is 77.4 cm³/mol. The Morgan fingerprint density at radius 1 is 1.20 bits per heavy atom. The Balaban J connectivity index is 1.47. The van der Waals surface area contributed by atoms with Gasteiger partial charge in [0.2, 0.25) is 5.91 Å². The molecule has 0 aliphatic carbocycles. The van der Waals surface area contributed by atoms with Crippen LogP contribution in [0.5, 0.6) is 0 Å². The van der Waals surface area contributed by atoms with Gasteiger partial charge in [-0.25, -0.2) is 0 Å². The quantitative estimate of drug-likeness (QED) is 0.842. The van der Waals surface area contributed by atoms with Crippen LogP contribution in [-0.2, 0) is 4.79 Å². The van der Waals surface area contributed by atoms with Gasteiger partial charge in [-0.15, -0.1) is 5.10 Å². The molecule has 20 heavy (non-hydrogen) atoms. The molecule has 5 heteroatoms. The van der Waals surface area contributed by atoms with Crippen LogP contribution in [0.25, 0.3) is 0 Å². The summed E-state index contributed by atoms with van der Waals surface area (Å²) in [5.41, 5.74) is 0. The van der Waals surface area contributed by atoms with Crippen LogP contribution in [0.15, 0.2) is 18.3 Å². The van der Waals surface area contributed by atoms with Crippen LogP contribution >= 0.6 is 0 Å². The highest BCUT2D eigenvalue weighted by Crippen LogP contribution is 2.24. The molecule has 2 fully saturated rings. The zero-order valence-electron chi connectivity index (χ0n) is 11.9. The second-order valence-corrected chi connectivity index (χ2v) is 5.80. The van der Waals surface area contributed by atoms with Gasteiger partial charge in [-0.2, -0.15) is 5.10 Å². The molecule has 2 aliphatic heterocycles. The van der Waals surface area contributed by atoms with E-state index in [4.69, 9.17) is 0 Å². The van der Waals surface area contributed by atoms with Gasteiger partial charge in [-0.1, -0.05) is 0 Å². The summed E-state index contributed by atoms with van der Waals surface area (Å²) in [5.74, 6) is 1.85. The van der Waals surface area contributed by atoms with E-state index < -0.39 is 0 Å². The minimum Gasteiger partial charge on any atom is -0.355 e. The molecule has 0 spiro atoms. The van der Waals surface area contributed by atoms with Crippen molar-refractivity contribution in [3.8, 4) is 0 Å². The zero-order chi connectivity index (χ0) is 13.8. The van der Waals surface area contributed by atoms with Crippen molar-refractivity contribution in [2.45, 2.75) is 32.1 Å². The molecule has 2 aliphatic rings. The normalized spacial score (nSPS) is 20.4. The highest BCUT2D eigenvalue weighted by molar-refractivity contribution is 5.76. The lowest BCUT2D eigenvalue weighted by Crippen LogP contribution is -2.37. The lowest BCUT2D eigenvalue weighted by molar-refractivity contribution is -0.131. The van der Waals surface area contributed by atoms with Crippen molar-refractivity contribution < 1.29 is 4.79 Å². The van der Waals surface area contributed by atoms with Crippen LogP contribution in [0.3, 0.4) is 0 Å². The van der Waals surface area contributed by atoms with E-state index in [0.717, 1.165) is 51.3 Å². The van der Waals surface area contributed by atoms with E-state index >= 15 is 0 Å². The van der Waals surface area contributed by atoms with Crippen molar-refractivity contribution in [2.75, 3.05) is 31.1 Å². The van der Waals surface area contributed by atoms with Crippen LogP contribution in [0.1, 0.15) is 32.1 Å². The Morgan fingerprint density at radius 3 is 2.60 bits per heavy atom. The van der Waals surface area contributed by atoms with E-state index in [1.54, 1.807) is 6.20 Å². The third kappa shape index (κ3) is 3.08. The number of carbonyl (C=O) groups excluding carboxylic acids is 1. The van der Waals surface area contributed by atoms with E-state index in [2.05, 4.69) is 15.1 Å². The Labute approximate surface area is 120 Å². The van der Waals surface area contributed by atoms with Gasteiger partial charge >= 0.3 is 0 Å². The second-order valence-electron chi connectivity index (χ2n) is 5.80. The lowest BCUT2D eigenvalue weighted by atomic mass is 9.93. The highest BCUT2D eigenvalue weighted by atomic mass is 16.2. The number of aromatic nitrogens is 2. The van der Waals surface area contributed by atoms with Gasteiger partial charge in [0.15, 0.2) is 5.82 Å². The number of rotatable bonds is 3. The fraction of sp³-hybridized carbons (Fsp3) is 0.667. The SMILES string of the molecule is O=C(CC1CCN(c2cccnn2)CC1)N1CCCC1. The molecule has 0 saturated carbocycles. The van der Waals surface area contributed by atoms with Gasteiger partial charge in [0.1, 0.15) is 0 Å². The van der Waals surface area contributed by atoms with Gasteiger partial charge in [-0.05, 0) is 43.7 Å². The molecular weight excluding hydrogens is 252 g/mol. The Bertz CT molecular complexity index is 436. The van der Waals surface area contributed by atoms with Gasteiger partial charge < -0.3 is 9.80 Å². The Morgan fingerprint density at radius 2 is 1.95 bits per heavy atom. The Kier molecular flexibility index (Phi) is 4.14. The third-order valence-electron chi connectivity index (χ3n) is 4.42. The molecule has 0 N–H and O–H groups in total. The summed E-state index contributed by atoms with van der Waals surface area (Å²) in [7, 11) is 0. The zero-order valence-corrected chi connectivity index (χ0v) is 11.9. The maximum Gasteiger partial charge on any atom is 0.222 e. The number of likely N-dealkylation sites (tertiary alicyclic amines) is 1. The van der Waals surface area contributed by atoms with Gasteiger partial charge in [0, 0.05) is 38.8 Å². The monoisotopic (exact) mass is 274 g/mol. The molecule has 3 heterocycles. The topological polar surface area (TPSA) is 49.3 Å². The smallest absolute Gasteiger partial charge is 0.222 e. The summed E-state index contributed by atoms with van der Waals surface area (Å²) in [6, 6.07) is 3.92. The molecule has 2 saturated heterocycles. The first-order chi connectivity index (χ1) is 9.83. The molecule has 0 bridgehead atoms. The molecule has 108 valence electrons. The fourth-order valence-corrected chi connectivity index (χ4v) is 3.17. The molecule has 0 unspecified atom stereocenters. The summed E-state index contributed by atoms with van der Waals surface area (Å²) in [5, 5.41) is 8.08. The van der Waals surface area contributed by atoms with Crippen LogP contribution in [0, 0.1) is 5.92 Å². The van der Waals surface area contributed by atoms with E-state index in [1.807, 2.05) is 17.0 Å². The second kappa shape index (κ2) is 6.20. The molecule has 5 nitrogen and oxygen atoms in total. The maximum atomic E-state index is 12.2. The maximum absolute atomic E-state index is 12.2. The van der Waals surface area contributed by atoms with Gasteiger partial charge in [0.05, 0.1) is 0 Å². The van der Waals surface area contributed by atoms with Crippen molar-refractivity contribution in [1.82, 2.24) is 15.1 Å². The minimum atomic E-state index is 0.362. The van der Waals surface area contributed by atoms with E-state index in [-0.39, 0.29) is 0 Å². The predicted octanol–water partition coefficient (Wildman–Crippen LogP) is 1.71. The van der Waals surface area contributed by atoms with Crippen LogP contribution < -0.4 is 4.90 Å². The fourth-order valence-electron chi connectivity index (χ4n) is 3.17. The van der Waals surface area contributed by atoms with Crippen molar-refractivity contribution in [2.24, 2.45) is 5.92 Å². The summed E-state index contributed by atoms with van der Waals surface area (Å²) < 4.78 is 0. The minimum absolute atomic E-state index is 0.362. The van der Waals surface area contributed by atoms with Crippen molar-refractivity contribution >= 4 is 11.7 Å². The molecule has 0 radical (unpaired) electrons. The van der Waals surface area contributed by atoms with E-state index in [1.165, 1.54) is 12.8 Å². The van der Waals surface area contributed by atoms with E-state index in [9.17, 15) is 4.79 Å². The molecule has 3 rings (SSSR count). The molecule has 1 amide bonds. The molecule has 0 atom stereocenters. The largest absolute Gasteiger partial charge is 0.355 e. The first-order valence-electron chi connectivity index (χ1n) is 7.63. The summed E-state index contributed by atoms with van der Waals surface area (Å²) in [6.45, 7) is 3.90. The number of anilines is 1. The van der Waals surface area contributed by atoms with Crippen molar-refractivity contribution in [3.05, 3.63) is 18.3 Å². The van der Waals surface area contributed by atoms with Crippen LogP contribution in [0.4, 0.5) is 5.82 Å². The van der Waals surface area contributed by atoms with Crippen molar-refractivity contribution in [3.63, 3.8) is 0 Å². The standard InChI is InChI=1S/C15H22N4O/c20-15(19-8-1-2-9-19)12-13-5-10-18(11-6-13)14-4-3-7-16-17-14/h3-4,7,13H,1-2,5-6,8-12H2. The summed E-state index contributed by atoms with van der Waals surface area (Å²) >= 11 is 0. The lowest BCUT2D eigenvalue weighted by Gasteiger charge is -2.32. The number of hydrogen-bond acceptors (Lipinski definition) is 4. The number of carbonyl (C=O) groups is 1. The number of amides is 1.